The molecular weight excluding hydrogens is 260 g/mol. The van der Waals surface area contributed by atoms with Gasteiger partial charge in [-0.25, -0.2) is 13.1 Å². The zero-order chi connectivity index (χ0) is 14.5. The molecule has 0 saturated carbocycles. The minimum atomic E-state index is -3.32. The van der Waals surface area contributed by atoms with Crippen molar-refractivity contribution >= 4 is 10.0 Å². The highest BCUT2D eigenvalue weighted by atomic mass is 32.2. The Kier molecular flexibility index (Phi) is 5.52. The lowest BCUT2D eigenvalue weighted by atomic mass is 9.88. The van der Waals surface area contributed by atoms with Gasteiger partial charge in [0.25, 0.3) is 0 Å². The van der Waals surface area contributed by atoms with Crippen molar-refractivity contribution < 1.29 is 8.42 Å². The molecule has 1 aromatic rings. The predicted octanol–water partition coefficient (Wildman–Crippen LogP) is 1.87. The monoisotopic (exact) mass is 284 g/mol. The van der Waals surface area contributed by atoms with E-state index in [2.05, 4.69) is 25.5 Å². The first-order valence-corrected chi connectivity index (χ1v) is 8.10. The molecule has 0 aliphatic rings. The van der Waals surface area contributed by atoms with Gasteiger partial charge in [-0.2, -0.15) is 0 Å². The summed E-state index contributed by atoms with van der Waals surface area (Å²) in [5, 5.41) is 0. The zero-order valence-electron chi connectivity index (χ0n) is 11.9. The van der Waals surface area contributed by atoms with Gasteiger partial charge in [-0.3, -0.25) is 0 Å². The molecule has 0 aliphatic carbocycles. The van der Waals surface area contributed by atoms with Crippen molar-refractivity contribution in [3.8, 4) is 0 Å². The van der Waals surface area contributed by atoms with E-state index in [0.717, 1.165) is 12.0 Å². The van der Waals surface area contributed by atoms with Gasteiger partial charge in [-0.1, -0.05) is 51.1 Å². The summed E-state index contributed by atoms with van der Waals surface area (Å²) < 4.78 is 26.4. The maximum Gasteiger partial charge on any atom is 0.215 e. The number of hydrogen-bond acceptors (Lipinski definition) is 3. The molecule has 0 amide bonds. The highest BCUT2D eigenvalue weighted by Crippen LogP contribution is 2.19. The molecule has 108 valence electrons. The van der Waals surface area contributed by atoms with Gasteiger partial charge in [0.15, 0.2) is 0 Å². The second-order valence-electron chi connectivity index (χ2n) is 6.12. The summed E-state index contributed by atoms with van der Waals surface area (Å²) in [4.78, 5) is 0. The van der Waals surface area contributed by atoms with Crippen molar-refractivity contribution in [2.75, 3.05) is 6.54 Å². The van der Waals surface area contributed by atoms with E-state index < -0.39 is 10.0 Å². The lowest BCUT2D eigenvalue weighted by Crippen LogP contribution is -2.39. The van der Waals surface area contributed by atoms with Crippen molar-refractivity contribution in [2.24, 2.45) is 11.1 Å². The number of benzene rings is 1. The quantitative estimate of drug-likeness (QED) is 0.837. The van der Waals surface area contributed by atoms with Gasteiger partial charge in [-0.15, -0.1) is 0 Å². The number of hydrogen-bond donors (Lipinski definition) is 2. The van der Waals surface area contributed by atoms with Crippen molar-refractivity contribution in [1.29, 1.82) is 0 Å². The van der Waals surface area contributed by atoms with Crippen LogP contribution >= 0.6 is 0 Å². The van der Waals surface area contributed by atoms with E-state index in [0.29, 0.717) is 0 Å². The largest absolute Gasteiger partial charge is 0.326 e. The summed E-state index contributed by atoms with van der Waals surface area (Å²) in [6.07, 6.45) is 0.779. The Morgan fingerprint density at radius 2 is 1.79 bits per heavy atom. The summed E-state index contributed by atoms with van der Waals surface area (Å²) >= 11 is 0. The average Bonchev–Trinajstić information content (AvgIpc) is 2.25. The first kappa shape index (κ1) is 16.1. The second kappa shape index (κ2) is 6.50. The second-order valence-corrected chi connectivity index (χ2v) is 7.92. The molecule has 4 nitrogen and oxygen atoms in total. The average molecular weight is 284 g/mol. The number of rotatable bonds is 6. The molecule has 1 unspecified atom stereocenters. The number of nitrogens with two attached hydrogens (primary N) is 1. The summed E-state index contributed by atoms with van der Waals surface area (Å²) in [5.41, 5.74) is 6.81. The Bertz CT molecular complexity index is 478. The van der Waals surface area contributed by atoms with Crippen LogP contribution in [0.5, 0.6) is 0 Å². The van der Waals surface area contributed by atoms with Gasteiger partial charge >= 0.3 is 0 Å². The Balaban J connectivity index is 2.48. The molecule has 0 radical (unpaired) electrons. The van der Waals surface area contributed by atoms with E-state index in [9.17, 15) is 8.42 Å². The molecular formula is C14H24N2O2S. The topological polar surface area (TPSA) is 72.2 Å². The fourth-order valence-electron chi connectivity index (χ4n) is 1.94. The lowest BCUT2D eigenvalue weighted by molar-refractivity contribution is 0.338. The standard InChI is InChI=1S/C14H24N2O2S/c1-14(2,3)9-13(15)10-16-19(17,18)11-12-7-5-4-6-8-12/h4-8,13,16H,9-11,15H2,1-3H3. The summed E-state index contributed by atoms with van der Waals surface area (Å²) in [5.74, 6) is -0.00389. The van der Waals surface area contributed by atoms with Crippen molar-refractivity contribution in [1.82, 2.24) is 4.72 Å². The normalized spacial score (nSPS) is 14.3. The SMILES string of the molecule is CC(C)(C)CC(N)CNS(=O)(=O)Cc1ccccc1. The van der Waals surface area contributed by atoms with Gasteiger partial charge < -0.3 is 5.73 Å². The maximum atomic E-state index is 11.9. The third-order valence-corrected chi connectivity index (χ3v) is 3.96. The predicted molar refractivity (Wildman–Crippen MR) is 79.1 cm³/mol. The summed E-state index contributed by atoms with van der Waals surface area (Å²) in [6, 6.07) is 8.96. The van der Waals surface area contributed by atoms with Crippen molar-refractivity contribution in [3.63, 3.8) is 0 Å². The van der Waals surface area contributed by atoms with Gasteiger partial charge in [0.1, 0.15) is 0 Å². The van der Waals surface area contributed by atoms with Crippen LogP contribution < -0.4 is 10.5 Å². The van der Waals surface area contributed by atoms with E-state index in [1.54, 1.807) is 12.1 Å². The third-order valence-electron chi connectivity index (χ3n) is 2.64. The number of nitrogens with one attached hydrogen (secondary N) is 1. The van der Waals surface area contributed by atoms with E-state index in [1.165, 1.54) is 0 Å². The van der Waals surface area contributed by atoms with E-state index in [1.807, 2.05) is 18.2 Å². The van der Waals surface area contributed by atoms with E-state index >= 15 is 0 Å². The molecule has 0 aromatic heterocycles. The Hall–Kier alpha value is -0.910. The Morgan fingerprint density at radius 1 is 1.21 bits per heavy atom. The molecule has 3 N–H and O–H groups in total. The summed E-state index contributed by atoms with van der Waals surface area (Å²) in [7, 11) is -3.32. The minimum absolute atomic E-state index is 0.00389. The molecule has 0 fully saturated rings. The molecule has 0 heterocycles. The van der Waals surface area contributed by atoms with Gasteiger partial charge in [0, 0.05) is 12.6 Å². The van der Waals surface area contributed by atoms with Crippen LogP contribution in [0.15, 0.2) is 30.3 Å². The molecule has 0 saturated heterocycles. The zero-order valence-corrected chi connectivity index (χ0v) is 12.7. The Morgan fingerprint density at radius 3 is 2.32 bits per heavy atom. The molecule has 5 heteroatoms. The van der Waals surface area contributed by atoms with Gasteiger partial charge in [-0.05, 0) is 17.4 Å². The fraction of sp³-hybridized carbons (Fsp3) is 0.571. The van der Waals surface area contributed by atoms with Gasteiger partial charge in [0.2, 0.25) is 10.0 Å². The molecule has 0 aliphatic heterocycles. The van der Waals surface area contributed by atoms with Crippen LogP contribution in [-0.4, -0.2) is 21.0 Å². The smallest absolute Gasteiger partial charge is 0.215 e. The first-order chi connectivity index (χ1) is 8.68. The van der Waals surface area contributed by atoms with Crippen molar-refractivity contribution in [3.05, 3.63) is 35.9 Å². The first-order valence-electron chi connectivity index (χ1n) is 6.45. The third kappa shape index (κ3) is 7.30. The molecule has 1 aromatic carbocycles. The van der Waals surface area contributed by atoms with Crippen LogP contribution in [-0.2, 0) is 15.8 Å². The lowest BCUT2D eigenvalue weighted by Gasteiger charge is -2.23. The minimum Gasteiger partial charge on any atom is -0.326 e. The van der Waals surface area contributed by atoms with Gasteiger partial charge in [0.05, 0.1) is 5.75 Å². The van der Waals surface area contributed by atoms with Crippen LogP contribution in [0.1, 0.15) is 32.8 Å². The van der Waals surface area contributed by atoms with E-state index in [-0.39, 0.29) is 23.8 Å². The van der Waals surface area contributed by atoms with Crippen LogP contribution in [0, 0.1) is 5.41 Å². The Labute approximate surface area is 116 Å². The fourth-order valence-corrected chi connectivity index (χ4v) is 3.14. The maximum absolute atomic E-state index is 11.9. The molecule has 19 heavy (non-hydrogen) atoms. The highest BCUT2D eigenvalue weighted by molar-refractivity contribution is 7.88. The number of sulfonamides is 1. The van der Waals surface area contributed by atoms with Crippen LogP contribution in [0.4, 0.5) is 0 Å². The highest BCUT2D eigenvalue weighted by Gasteiger charge is 2.18. The van der Waals surface area contributed by atoms with Crippen molar-refractivity contribution in [2.45, 2.75) is 39.0 Å². The van der Waals surface area contributed by atoms with Crippen LogP contribution in [0.2, 0.25) is 0 Å². The molecule has 0 spiro atoms. The van der Waals surface area contributed by atoms with Crippen LogP contribution in [0.25, 0.3) is 0 Å². The molecule has 0 bridgehead atoms. The summed E-state index contributed by atoms with van der Waals surface area (Å²) in [6.45, 7) is 6.55. The molecule has 1 rings (SSSR count). The van der Waals surface area contributed by atoms with Crippen LogP contribution in [0.3, 0.4) is 0 Å². The molecule has 1 atom stereocenters. The van der Waals surface area contributed by atoms with E-state index in [4.69, 9.17) is 5.73 Å².